The number of pyridine rings is 1. The number of rotatable bonds is 3. The van der Waals surface area contributed by atoms with E-state index in [1.165, 1.54) is 0 Å². The Morgan fingerprint density at radius 1 is 1.37 bits per heavy atom. The van der Waals surface area contributed by atoms with Gasteiger partial charge in [0.05, 0.1) is 22.7 Å². The largest absolute Gasteiger partial charge is 0.357 e. The lowest BCUT2D eigenvalue weighted by molar-refractivity contribution is 0.353. The third-order valence-electron chi connectivity index (χ3n) is 4.53. The summed E-state index contributed by atoms with van der Waals surface area (Å²) in [5.41, 5.74) is 1.73. The fourth-order valence-corrected chi connectivity index (χ4v) is 4.72. The number of nitrogens with zero attached hydrogens (tertiary/aromatic N) is 4. The lowest BCUT2D eigenvalue weighted by Crippen LogP contribution is -2.57. The smallest absolute Gasteiger partial charge is 0.194 e. The Hall–Kier alpha value is -0.880. The number of fused-ring (bicyclic) bond motifs is 1. The number of halogens is 2. The van der Waals surface area contributed by atoms with Crippen molar-refractivity contribution >= 4 is 61.4 Å². The van der Waals surface area contributed by atoms with Crippen LogP contribution in [0.25, 0.3) is 5.65 Å². The topological polar surface area (TPSA) is 79.1 Å². The highest BCUT2D eigenvalue weighted by Crippen LogP contribution is 2.23. The lowest BCUT2D eigenvalue weighted by atomic mass is 10.2. The third-order valence-corrected chi connectivity index (χ3v) is 7.54. The van der Waals surface area contributed by atoms with E-state index in [-0.39, 0.29) is 29.7 Å². The molecule has 27 heavy (non-hydrogen) atoms. The van der Waals surface area contributed by atoms with Gasteiger partial charge in [-0.25, -0.2) is 18.4 Å². The second kappa shape index (κ2) is 8.64. The van der Waals surface area contributed by atoms with Crippen molar-refractivity contribution < 1.29 is 8.42 Å². The van der Waals surface area contributed by atoms with Gasteiger partial charge in [0.25, 0.3) is 0 Å². The van der Waals surface area contributed by atoms with Crippen LogP contribution in [0.4, 0.5) is 0 Å². The van der Waals surface area contributed by atoms with Gasteiger partial charge in [-0.3, -0.25) is 0 Å². The number of sulfone groups is 1. The molecule has 2 aromatic rings. The maximum Gasteiger partial charge on any atom is 0.194 e. The summed E-state index contributed by atoms with van der Waals surface area (Å²) < 4.78 is 26.6. The van der Waals surface area contributed by atoms with Gasteiger partial charge >= 0.3 is 0 Å². The van der Waals surface area contributed by atoms with Crippen LogP contribution in [0.2, 0.25) is 0 Å². The zero-order valence-corrected chi connectivity index (χ0v) is 20.4. The van der Waals surface area contributed by atoms with E-state index in [1.54, 1.807) is 13.8 Å². The van der Waals surface area contributed by atoms with Gasteiger partial charge in [0.1, 0.15) is 5.65 Å². The molecule has 0 atom stereocenters. The molecule has 2 aromatic heterocycles. The molecule has 3 heterocycles. The summed E-state index contributed by atoms with van der Waals surface area (Å²) in [6, 6.07) is 3.90. The van der Waals surface area contributed by atoms with Gasteiger partial charge in [0.15, 0.2) is 15.8 Å². The summed E-state index contributed by atoms with van der Waals surface area (Å²) in [5.74, 6) is 0.876. The molecule has 0 bridgehead atoms. The summed E-state index contributed by atoms with van der Waals surface area (Å²) in [6.07, 6.45) is 3.91. The van der Waals surface area contributed by atoms with E-state index in [2.05, 4.69) is 31.2 Å². The van der Waals surface area contributed by atoms with E-state index >= 15 is 0 Å². The first-order valence-electron chi connectivity index (χ1n) is 8.60. The molecular formula is C17H25BrIN5O2S. The van der Waals surface area contributed by atoms with Crippen molar-refractivity contribution in [3.8, 4) is 0 Å². The molecule has 1 aliphatic heterocycles. The van der Waals surface area contributed by atoms with Gasteiger partial charge in [-0.15, -0.1) is 24.0 Å². The number of guanidine groups is 1. The maximum absolute atomic E-state index is 12.2. The second-order valence-electron chi connectivity index (χ2n) is 7.02. The van der Waals surface area contributed by atoms with E-state index in [0.717, 1.165) is 28.3 Å². The standard InChI is InChI=1S/C17H24BrN5O2S.HI/c1-4-19-16(22-7-8-26(24,25)17(2,3)12-22)20-9-14-11-23-10-13(18)5-6-15(23)21-14;/h5-6,10-11H,4,7-9,12H2,1-3H3,(H,19,20);1H. The van der Waals surface area contributed by atoms with E-state index in [1.807, 2.05) is 40.8 Å². The average molecular weight is 570 g/mol. The summed E-state index contributed by atoms with van der Waals surface area (Å²) >= 11 is 3.45. The van der Waals surface area contributed by atoms with Crippen molar-refractivity contribution in [1.82, 2.24) is 19.6 Å². The predicted molar refractivity (Wildman–Crippen MR) is 123 cm³/mol. The SMILES string of the molecule is CCNC(=NCc1cn2cc(Br)ccc2n1)N1CCS(=O)(=O)C(C)(C)C1.I. The summed E-state index contributed by atoms with van der Waals surface area (Å²) in [6.45, 7) is 7.60. The van der Waals surface area contributed by atoms with Gasteiger partial charge < -0.3 is 14.6 Å². The number of hydrogen-bond acceptors (Lipinski definition) is 4. The molecule has 7 nitrogen and oxygen atoms in total. The molecule has 3 rings (SSSR count). The van der Waals surface area contributed by atoms with Crippen LogP contribution in [0, 0.1) is 0 Å². The number of nitrogens with one attached hydrogen (secondary N) is 1. The maximum atomic E-state index is 12.2. The molecule has 1 N–H and O–H groups in total. The molecule has 1 fully saturated rings. The summed E-state index contributed by atoms with van der Waals surface area (Å²) in [7, 11) is -3.08. The molecular weight excluding hydrogens is 545 g/mol. The molecule has 0 spiro atoms. The monoisotopic (exact) mass is 569 g/mol. The molecule has 0 radical (unpaired) electrons. The first-order chi connectivity index (χ1) is 12.2. The minimum atomic E-state index is -3.08. The van der Waals surface area contributed by atoms with Gasteiger partial charge in [0, 0.05) is 36.5 Å². The highest BCUT2D eigenvalue weighted by atomic mass is 127. The fraction of sp³-hybridized carbons (Fsp3) is 0.529. The molecule has 0 aliphatic carbocycles. The Morgan fingerprint density at radius 2 is 2.11 bits per heavy atom. The molecule has 0 saturated carbocycles. The minimum absolute atomic E-state index is 0. The van der Waals surface area contributed by atoms with Crippen LogP contribution in [-0.2, 0) is 16.4 Å². The molecule has 10 heteroatoms. The van der Waals surface area contributed by atoms with Gasteiger partial charge in [-0.1, -0.05) is 0 Å². The van der Waals surface area contributed by atoms with Crippen molar-refractivity contribution in [2.24, 2.45) is 4.99 Å². The third kappa shape index (κ3) is 4.94. The van der Waals surface area contributed by atoms with Crippen LogP contribution in [-0.4, -0.2) is 58.8 Å². The lowest BCUT2D eigenvalue weighted by Gasteiger charge is -2.39. The van der Waals surface area contributed by atoms with Crippen LogP contribution in [0.15, 0.2) is 34.0 Å². The highest BCUT2D eigenvalue weighted by Gasteiger charge is 2.40. The van der Waals surface area contributed by atoms with E-state index < -0.39 is 14.6 Å². The molecule has 0 unspecified atom stereocenters. The zero-order valence-electron chi connectivity index (χ0n) is 15.6. The van der Waals surface area contributed by atoms with Gasteiger partial charge in [-0.2, -0.15) is 0 Å². The fourth-order valence-electron chi connectivity index (χ4n) is 3.00. The van der Waals surface area contributed by atoms with Crippen LogP contribution in [0.3, 0.4) is 0 Å². The number of imidazole rings is 1. The van der Waals surface area contributed by atoms with Crippen LogP contribution >= 0.6 is 39.9 Å². The van der Waals surface area contributed by atoms with Crippen LogP contribution in [0.1, 0.15) is 26.5 Å². The number of hydrogen-bond donors (Lipinski definition) is 1. The van der Waals surface area contributed by atoms with Crippen LogP contribution < -0.4 is 5.32 Å². The Bertz CT molecular complexity index is 942. The first-order valence-corrected chi connectivity index (χ1v) is 11.0. The Labute approximate surface area is 185 Å². The Kier molecular flexibility index (Phi) is 7.17. The second-order valence-corrected chi connectivity index (χ2v) is 10.7. The quantitative estimate of drug-likeness (QED) is 0.349. The van der Waals surface area contributed by atoms with Crippen molar-refractivity contribution in [3.05, 3.63) is 34.7 Å². The normalized spacial score (nSPS) is 19.0. The van der Waals surface area contributed by atoms with Crippen molar-refractivity contribution in [2.75, 3.05) is 25.4 Å². The molecule has 1 aliphatic rings. The van der Waals surface area contributed by atoms with E-state index in [0.29, 0.717) is 19.6 Å². The van der Waals surface area contributed by atoms with Crippen LogP contribution in [0.5, 0.6) is 0 Å². The van der Waals surface area contributed by atoms with Gasteiger partial charge in [-0.05, 0) is 48.8 Å². The zero-order chi connectivity index (χ0) is 18.9. The number of aliphatic imine (C=N–C) groups is 1. The highest BCUT2D eigenvalue weighted by molar-refractivity contribution is 14.0. The average Bonchev–Trinajstić information content (AvgIpc) is 2.96. The predicted octanol–water partition coefficient (Wildman–Crippen LogP) is 2.69. The number of aromatic nitrogens is 2. The van der Waals surface area contributed by atoms with Crippen molar-refractivity contribution in [3.63, 3.8) is 0 Å². The van der Waals surface area contributed by atoms with Crippen molar-refractivity contribution in [1.29, 1.82) is 0 Å². The molecule has 1 saturated heterocycles. The van der Waals surface area contributed by atoms with Gasteiger partial charge in [0.2, 0.25) is 0 Å². The van der Waals surface area contributed by atoms with Crippen molar-refractivity contribution in [2.45, 2.75) is 32.1 Å². The summed E-state index contributed by atoms with van der Waals surface area (Å²) in [5, 5.41) is 3.27. The van der Waals surface area contributed by atoms with E-state index in [4.69, 9.17) is 0 Å². The van der Waals surface area contributed by atoms with E-state index in [9.17, 15) is 8.42 Å². The Balaban J connectivity index is 0.00000261. The molecule has 0 amide bonds. The minimum Gasteiger partial charge on any atom is -0.357 e. The first kappa shape index (κ1) is 22.4. The summed E-state index contributed by atoms with van der Waals surface area (Å²) in [4.78, 5) is 11.3. The molecule has 150 valence electrons. The molecule has 0 aromatic carbocycles. The Morgan fingerprint density at radius 3 is 2.78 bits per heavy atom.